The van der Waals surface area contributed by atoms with Gasteiger partial charge >= 0.3 is 0 Å². The van der Waals surface area contributed by atoms with Crippen LogP contribution in [0.5, 0.6) is 0 Å². The second-order valence-electron chi connectivity index (χ2n) is 14.0. The van der Waals surface area contributed by atoms with Crippen molar-refractivity contribution in [3.63, 3.8) is 0 Å². The fourth-order valence-corrected chi connectivity index (χ4v) is 8.30. The van der Waals surface area contributed by atoms with E-state index in [-0.39, 0.29) is 5.76 Å². The Morgan fingerprint density at radius 1 is 0.625 bits per heavy atom. The molecule has 8 heteroatoms. The minimum absolute atomic E-state index is 0.289. The number of allylic oxidation sites excluding steroid dienone is 1. The van der Waals surface area contributed by atoms with Crippen LogP contribution in [0.1, 0.15) is 23.4 Å². The summed E-state index contributed by atoms with van der Waals surface area (Å²) in [6.07, 6.45) is 7.67. The lowest BCUT2D eigenvalue weighted by molar-refractivity contribution is 0.609. The van der Waals surface area contributed by atoms with Gasteiger partial charge in [0.05, 0.1) is 28.4 Å². The molecule has 1 aliphatic rings. The Labute approximate surface area is 320 Å². The lowest BCUT2D eigenvalue weighted by Gasteiger charge is -2.11. The highest BCUT2D eigenvalue weighted by Gasteiger charge is 2.23. The zero-order valence-corrected chi connectivity index (χ0v) is 30.0. The van der Waals surface area contributed by atoms with Crippen molar-refractivity contribution >= 4 is 61.8 Å². The molecule has 1 aliphatic carbocycles. The molecule has 11 rings (SSSR count). The van der Waals surface area contributed by atoms with Crippen molar-refractivity contribution in [2.24, 2.45) is 0 Å². The average molecular weight is 725 g/mol. The number of benzene rings is 6. The van der Waals surface area contributed by atoms with Crippen molar-refractivity contribution < 1.29 is 8.83 Å². The second-order valence-corrected chi connectivity index (χ2v) is 14.0. The lowest BCUT2D eigenvalue weighted by Crippen LogP contribution is -2.01. The van der Waals surface area contributed by atoms with Crippen LogP contribution in [0.3, 0.4) is 0 Å². The minimum Gasteiger partial charge on any atom is -0.455 e. The number of aromatic nitrogens is 4. The Morgan fingerprint density at radius 2 is 1.30 bits per heavy atom. The fraction of sp³-hybridized carbons (Fsp3) is 0.0417. The number of hydrogen-bond donors (Lipinski definition) is 2. The highest BCUT2D eigenvalue weighted by molar-refractivity contribution is 6.13. The van der Waals surface area contributed by atoms with Gasteiger partial charge in [0, 0.05) is 44.2 Å². The van der Waals surface area contributed by atoms with E-state index in [1.807, 2.05) is 60.7 Å². The maximum atomic E-state index is 7.83. The van der Waals surface area contributed by atoms with E-state index in [0.717, 1.165) is 63.4 Å². The molecule has 0 fully saturated rings. The van der Waals surface area contributed by atoms with Crippen LogP contribution >= 0.6 is 0 Å². The molecule has 4 heterocycles. The Kier molecular flexibility index (Phi) is 7.12. The van der Waals surface area contributed by atoms with Crippen molar-refractivity contribution in [2.75, 3.05) is 5.73 Å². The Bertz CT molecular complexity index is 3230. The molecular weight excluding hydrogens is 693 g/mol. The van der Waals surface area contributed by atoms with E-state index >= 15 is 0 Å². The smallest absolute Gasteiger partial charge is 0.168 e. The van der Waals surface area contributed by atoms with Crippen LogP contribution in [0.15, 0.2) is 148 Å². The molecule has 266 valence electrons. The first-order valence-electron chi connectivity index (χ1n) is 18.6. The Morgan fingerprint density at radius 3 is 2.09 bits per heavy atom. The molecule has 0 bridgehead atoms. The fourth-order valence-electron chi connectivity index (χ4n) is 8.30. The largest absolute Gasteiger partial charge is 0.455 e. The third-order valence-corrected chi connectivity index (χ3v) is 10.9. The molecule has 10 aromatic rings. The van der Waals surface area contributed by atoms with Crippen molar-refractivity contribution in [1.82, 2.24) is 19.5 Å². The van der Waals surface area contributed by atoms with E-state index in [4.69, 9.17) is 34.9 Å². The summed E-state index contributed by atoms with van der Waals surface area (Å²) in [6.45, 7) is 0. The zero-order chi connectivity index (χ0) is 37.3. The third-order valence-electron chi connectivity index (χ3n) is 10.9. The number of rotatable bonds is 6. The van der Waals surface area contributed by atoms with Crippen molar-refractivity contribution in [1.29, 1.82) is 5.41 Å². The van der Waals surface area contributed by atoms with Crippen LogP contribution in [0.4, 0.5) is 5.69 Å². The quantitative estimate of drug-likeness (QED) is 0.165. The van der Waals surface area contributed by atoms with Gasteiger partial charge in [-0.05, 0) is 66.4 Å². The monoisotopic (exact) mass is 724 g/mol. The normalized spacial score (nSPS) is 12.6. The molecule has 0 amide bonds. The molecule has 0 unspecified atom stereocenters. The number of aryl methyl sites for hydroxylation is 1. The number of anilines is 1. The van der Waals surface area contributed by atoms with Crippen LogP contribution in [0, 0.1) is 5.41 Å². The third kappa shape index (κ3) is 4.86. The van der Waals surface area contributed by atoms with Crippen LogP contribution in [0.2, 0.25) is 0 Å². The first-order valence-corrected chi connectivity index (χ1v) is 18.6. The highest BCUT2D eigenvalue weighted by Crippen LogP contribution is 2.43. The van der Waals surface area contributed by atoms with Gasteiger partial charge in [0.1, 0.15) is 16.7 Å². The maximum absolute atomic E-state index is 7.83. The molecule has 4 aromatic heterocycles. The Balaban J connectivity index is 1.11. The molecule has 0 spiro atoms. The van der Waals surface area contributed by atoms with Crippen molar-refractivity contribution in [2.45, 2.75) is 12.8 Å². The molecule has 0 atom stereocenters. The molecule has 0 aliphatic heterocycles. The zero-order valence-electron chi connectivity index (χ0n) is 30.0. The van der Waals surface area contributed by atoms with Gasteiger partial charge in [-0.15, -0.1) is 0 Å². The summed E-state index contributed by atoms with van der Waals surface area (Å²) in [5, 5.41) is 11.7. The van der Waals surface area contributed by atoms with Gasteiger partial charge < -0.3 is 24.5 Å². The van der Waals surface area contributed by atoms with Gasteiger partial charge in [-0.3, -0.25) is 0 Å². The van der Waals surface area contributed by atoms with Gasteiger partial charge in [0.25, 0.3) is 0 Å². The predicted molar refractivity (Wildman–Crippen MR) is 225 cm³/mol. The van der Waals surface area contributed by atoms with E-state index in [0.29, 0.717) is 45.3 Å². The van der Waals surface area contributed by atoms with Gasteiger partial charge in [-0.1, -0.05) is 103 Å². The van der Waals surface area contributed by atoms with E-state index in [9.17, 15) is 0 Å². The Hall–Kier alpha value is -7.58. The highest BCUT2D eigenvalue weighted by atomic mass is 16.3. The molecule has 0 radical (unpaired) electrons. The van der Waals surface area contributed by atoms with Gasteiger partial charge in [-0.25, -0.2) is 15.0 Å². The van der Waals surface area contributed by atoms with E-state index in [2.05, 4.69) is 89.5 Å². The number of para-hydroxylation sites is 3. The number of fused-ring (bicyclic) bond motifs is 7. The molecule has 56 heavy (non-hydrogen) atoms. The molecule has 0 saturated carbocycles. The van der Waals surface area contributed by atoms with Crippen LogP contribution in [0.25, 0.3) is 101 Å². The SMILES string of the molecule is N=Cc1oc2cccc(-c3nc(-c4ccccc4)nc(-c4cccc5c4oc4c(-c6ccc7c(c6)c6c(n7-c7ccccc7)C=CCC6)cccc45)n3)c2c1N. The minimum atomic E-state index is 0.289. The number of hydrogen-bond acceptors (Lipinski definition) is 7. The number of nitrogens with zero attached hydrogens (tertiary/aromatic N) is 4. The number of furan rings is 2. The molecular formula is C48H32N6O2. The van der Waals surface area contributed by atoms with E-state index in [1.54, 1.807) is 0 Å². The van der Waals surface area contributed by atoms with E-state index < -0.39 is 0 Å². The second kappa shape index (κ2) is 12.5. The molecule has 3 N–H and O–H groups in total. The summed E-state index contributed by atoms with van der Waals surface area (Å²) in [4.78, 5) is 15.1. The summed E-state index contributed by atoms with van der Waals surface area (Å²) in [5.74, 6) is 1.71. The van der Waals surface area contributed by atoms with Crippen LogP contribution < -0.4 is 5.73 Å². The summed E-state index contributed by atoms with van der Waals surface area (Å²) in [7, 11) is 0. The predicted octanol–water partition coefficient (Wildman–Crippen LogP) is 11.7. The van der Waals surface area contributed by atoms with Crippen LogP contribution in [-0.2, 0) is 6.42 Å². The first-order chi connectivity index (χ1) is 27.6. The molecule has 0 saturated heterocycles. The number of nitrogens with two attached hydrogens (primary N) is 1. The first kappa shape index (κ1) is 31.9. The van der Waals surface area contributed by atoms with E-state index in [1.165, 1.54) is 22.2 Å². The molecule has 6 aromatic carbocycles. The van der Waals surface area contributed by atoms with Crippen molar-refractivity contribution in [3.05, 3.63) is 157 Å². The summed E-state index contributed by atoms with van der Waals surface area (Å²) < 4.78 is 15.2. The number of nitrogen functional groups attached to an aromatic ring is 1. The summed E-state index contributed by atoms with van der Waals surface area (Å²) in [5.41, 5.74) is 18.3. The molecule has 8 nitrogen and oxygen atoms in total. The van der Waals surface area contributed by atoms with Gasteiger partial charge in [0.2, 0.25) is 0 Å². The summed E-state index contributed by atoms with van der Waals surface area (Å²) >= 11 is 0. The maximum Gasteiger partial charge on any atom is 0.168 e. The lowest BCUT2D eigenvalue weighted by atomic mass is 9.97. The van der Waals surface area contributed by atoms with Crippen LogP contribution in [-0.4, -0.2) is 25.7 Å². The standard InChI is InChI=1S/C48H32N6O2/c49-27-41-43(50)42-35(20-11-23-40(42)55-41)47-51-46(28-12-3-1-4-13-28)52-48(53-47)36-21-10-19-34-33-18-9-17-31(44(33)56-45(34)36)29-24-25-39-37(26-29)32-16-7-8-22-38(32)54(39)30-14-5-2-6-15-30/h1-6,8-15,17-27,49H,7,16,50H2. The van der Waals surface area contributed by atoms with Crippen molar-refractivity contribution in [3.8, 4) is 51.0 Å². The van der Waals surface area contributed by atoms with Gasteiger partial charge in [0.15, 0.2) is 23.2 Å². The summed E-state index contributed by atoms with van der Waals surface area (Å²) in [6, 6.07) is 45.3. The topological polar surface area (TPSA) is 120 Å². The average Bonchev–Trinajstić information content (AvgIpc) is 3.92. The van der Waals surface area contributed by atoms with Gasteiger partial charge in [-0.2, -0.15) is 0 Å². The number of nitrogens with one attached hydrogen (secondary N) is 1.